The molecule has 2 N–H and O–H groups in total. The maximum atomic E-state index is 11.7. The molecule has 0 radical (unpaired) electrons. The van der Waals surface area contributed by atoms with Crippen LogP contribution >= 0.6 is 11.8 Å². The molecule has 1 unspecified atom stereocenters. The monoisotopic (exact) mass is 309 g/mol. The maximum Gasteiger partial charge on any atom is 0.325 e. The van der Waals surface area contributed by atoms with Gasteiger partial charge in [-0.2, -0.15) is 0 Å². The number of fused-ring (bicyclic) bond motifs is 1. The third-order valence-electron chi connectivity index (χ3n) is 4.08. The number of rotatable bonds is 6. The van der Waals surface area contributed by atoms with Gasteiger partial charge in [0, 0.05) is 10.6 Å². The van der Waals surface area contributed by atoms with E-state index in [4.69, 9.17) is 9.47 Å². The Balaban J connectivity index is 1.72. The molecule has 1 atom stereocenters. The summed E-state index contributed by atoms with van der Waals surface area (Å²) < 4.78 is 11.1. The first-order valence-electron chi connectivity index (χ1n) is 7.10. The lowest BCUT2D eigenvalue weighted by atomic mass is 9.96. The number of hydrogen-bond acceptors (Lipinski definition) is 5. The van der Waals surface area contributed by atoms with Crippen LogP contribution in [0.15, 0.2) is 23.1 Å². The molecule has 0 amide bonds. The lowest BCUT2D eigenvalue weighted by Gasteiger charge is -2.29. The Labute approximate surface area is 128 Å². The van der Waals surface area contributed by atoms with Gasteiger partial charge in [-0.05, 0) is 44.0 Å². The largest absolute Gasteiger partial charge is 0.486 e. The molecule has 0 spiro atoms. The number of likely N-dealkylation sites (N-methyl/N-ethyl adjacent to an activating group) is 1. The second-order valence-electron chi connectivity index (χ2n) is 5.39. The van der Waals surface area contributed by atoms with Gasteiger partial charge in [-0.1, -0.05) is 0 Å². The van der Waals surface area contributed by atoms with E-state index in [9.17, 15) is 9.90 Å². The topological polar surface area (TPSA) is 67.8 Å². The van der Waals surface area contributed by atoms with E-state index in [2.05, 4.69) is 5.32 Å². The molecule has 2 aliphatic rings. The molecule has 0 bridgehead atoms. The summed E-state index contributed by atoms with van der Waals surface area (Å²) in [7, 11) is 1.73. The van der Waals surface area contributed by atoms with E-state index in [1.54, 1.807) is 18.8 Å². The molecule has 0 aromatic heterocycles. The standard InChI is InChI=1S/C15H19NO4S/c1-16-15(14(17)18,10-2-3-10)9-21-11-4-5-12-13(8-11)20-7-6-19-12/h4-5,8,10,16H,2-3,6-7,9H2,1H3,(H,17,18). The number of benzene rings is 1. The minimum atomic E-state index is -0.835. The summed E-state index contributed by atoms with van der Waals surface area (Å²) in [5, 5.41) is 12.6. The van der Waals surface area contributed by atoms with E-state index in [1.807, 2.05) is 18.2 Å². The SMILES string of the molecule is CNC(CSc1ccc2c(c1)OCCO2)(C(=O)O)C1CC1. The molecule has 1 aliphatic heterocycles. The lowest BCUT2D eigenvalue weighted by molar-refractivity contribution is -0.144. The second-order valence-corrected chi connectivity index (χ2v) is 6.44. The van der Waals surface area contributed by atoms with Crippen molar-refractivity contribution in [2.45, 2.75) is 23.3 Å². The van der Waals surface area contributed by atoms with Gasteiger partial charge < -0.3 is 19.9 Å². The first-order chi connectivity index (χ1) is 10.2. The molecule has 114 valence electrons. The van der Waals surface area contributed by atoms with Crippen LogP contribution in [0.4, 0.5) is 0 Å². The van der Waals surface area contributed by atoms with Crippen molar-refractivity contribution in [2.24, 2.45) is 5.92 Å². The Kier molecular flexibility index (Phi) is 3.99. The minimum absolute atomic E-state index is 0.227. The van der Waals surface area contributed by atoms with E-state index in [0.717, 1.165) is 29.2 Å². The number of carbonyl (C=O) groups is 1. The van der Waals surface area contributed by atoms with Crippen LogP contribution in [-0.2, 0) is 4.79 Å². The Morgan fingerprint density at radius 2 is 2.10 bits per heavy atom. The molecule has 21 heavy (non-hydrogen) atoms. The fourth-order valence-electron chi connectivity index (χ4n) is 2.62. The van der Waals surface area contributed by atoms with Crippen molar-refractivity contribution in [3.63, 3.8) is 0 Å². The Bertz CT molecular complexity index is 546. The summed E-state index contributed by atoms with van der Waals surface area (Å²) in [4.78, 5) is 12.7. The van der Waals surface area contributed by atoms with Crippen LogP contribution in [0.2, 0.25) is 0 Å². The van der Waals surface area contributed by atoms with Gasteiger partial charge in [0.1, 0.15) is 18.8 Å². The molecule has 6 heteroatoms. The minimum Gasteiger partial charge on any atom is -0.486 e. The van der Waals surface area contributed by atoms with Crippen molar-refractivity contribution < 1.29 is 19.4 Å². The van der Waals surface area contributed by atoms with Gasteiger partial charge in [-0.3, -0.25) is 4.79 Å². The molecule has 0 saturated heterocycles. The average Bonchev–Trinajstić information content (AvgIpc) is 3.33. The number of aliphatic carboxylic acids is 1. The summed E-state index contributed by atoms with van der Waals surface area (Å²) in [5.41, 5.74) is -0.835. The molecule has 3 rings (SSSR count). The molecule has 1 aromatic carbocycles. The predicted octanol–water partition coefficient (Wildman–Crippen LogP) is 2.00. The number of thioether (sulfide) groups is 1. The molecule has 1 fully saturated rings. The molecule has 1 aliphatic carbocycles. The van der Waals surface area contributed by atoms with E-state index in [-0.39, 0.29) is 5.92 Å². The van der Waals surface area contributed by atoms with Gasteiger partial charge >= 0.3 is 5.97 Å². The van der Waals surface area contributed by atoms with Crippen molar-refractivity contribution in [3.05, 3.63) is 18.2 Å². The van der Waals surface area contributed by atoms with Crippen molar-refractivity contribution in [2.75, 3.05) is 26.0 Å². The second kappa shape index (κ2) is 5.77. The highest BCUT2D eigenvalue weighted by Crippen LogP contribution is 2.43. The van der Waals surface area contributed by atoms with E-state index in [1.165, 1.54) is 0 Å². The highest BCUT2D eigenvalue weighted by molar-refractivity contribution is 7.99. The van der Waals surface area contributed by atoms with Crippen molar-refractivity contribution in [3.8, 4) is 11.5 Å². The molecule has 1 heterocycles. The molecule has 1 saturated carbocycles. The van der Waals surface area contributed by atoms with Crippen LogP contribution < -0.4 is 14.8 Å². The number of nitrogens with one attached hydrogen (secondary N) is 1. The van der Waals surface area contributed by atoms with Crippen LogP contribution in [0, 0.1) is 5.92 Å². The average molecular weight is 309 g/mol. The first-order valence-corrected chi connectivity index (χ1v) is 8.09. The van der Waals surface area contributed by atoms with Crippen LogP contribution in [0.25, 0.3) is 0 Å². The van der Waals surface area contributed by atoms with Gasteiger partial charge in [0.15, 0.2) is 11.5 Å². The zero-order valence-corrected chi connectivity index (χ0v) is 12.7. The fraction of sp³-hybridized carbons (Fsp3) is 0.533. The third-order valence-corrected chi connectivity index (χ3v) is 5.27. The maximum absolute atomic E-state index is 11.7. The highest BCUT2D eigenvalue weighted by Gasteiger charge is 2.50. The molecular formula is C15H19NO4S. The Hall–Kier alpha value is -1.40. The summed E-state index contributed by atoms with van der Waals surface area (Å²) in [6.45, 7) is 1.13. The van der Waals surface area contributed by atoms with Crippen LogP contribution in [0.1, 0.15) is 12.8 Å². The van der Waals surface area contributed by atoms with Crippen molar-refractivity contribution in [1.29, 1.82) is 0 Å². The Morgan fingerprint density at radius 1 is 1.38 bits per heavy atom. The number of carboxylic acid groups (broad SMARTS) is 1. The smallest absolute Gasteiger partial charge is 0.325 e. The van der Waals surface area contributed by atoms with Crippen LogP contribution in [0.3, 0.4) is 0 Å². The molecule has 5 nitrogen and oxygen atoms in total. The normalized spacial score (nSPS) is 19.9. The highest BCUT2D eigenvalue weighted by atomic mass is 32.2. The van der Waals surface area contributed by atoms with Crippen molar-refractivity contribution in [1.82, 2.24) is 5.32 Å². The lowest BCUT2D eigenvalue weighted by Crippen LogP contribution is -2.54. The van der Waals surface area contributed by atoms with Gasteiger partial charge in [-0.15, -0.1) is 11.8 Å². The number of ether oxygens (including phenoxy) is 2. The van der Waals surface area contributed by atoms with Crippen LogP contribution in [0.5, 0.6) is 11.5 Å². The molecular weight excluding hydrogens is 290 g/mol. The van der Waals surface area contributed by atoms with Gasteiger partial charge in [0.25, 0.3) is 0 Å². The first kappa shape index (κ1) is 14.5. The van der Waals surface area contributed by atoms with E-state index < -0.39 is 11.5 Å². The summed E-state index contributed by atoms with van der Waals surface area (Å²) >= 11 is 1.54. The summed E-state index contributed by atoms with van der Waals surface area (Å²) in [6, 6.07) is 5.76. The molecule has 1 aromatic rings. The van der Waals surface area contributed by atoms with E-state index >= 15 is 0 Å². The zero-order chi connectivity index (χ0) is 14.9. The quantitative estimate of drug-likeness (QED) is 0.784. The zero-order valence-electron chi connectivity index (χ0n) is 11.9. The van der Waals surface area contributed by atoms with Gasteiger partial charge in [0.2, 0.25) is 0 Å². The number of hydrogen-bond donors (Lipinski definition) is 2. The third kappa shape index (κ3) is 2.82. The predicted molar refractivity (Wildman–Crippen MR) is 80.3 cm³/mol. The fourth-order valence-corrected chi connectivity index (χ4v) is 3.88. The Morgan fingerprint density at radius 3 is 2.71 bits per heavy atom. The summed E-state index contributed by atoms with van der Waals surface area (Å²) in [5.74, 6) is 1.46. The number of carboxylic acids is 1. The van der Waals surface area contributed by atoms with Gasteiger partial charge in [-0.25, -0.2) is 0 Å². The summed E-state index contributed by atoms with van der Waals surface area (Å²) in [6.07, 6.45) is 1.96. The van der Waals surface area contributed by atoms with Crippen LogP contribution in [-0.4, -0.2) is 42.6 Å². The van der Waals surface area contributed by atoms with Crippen molar-refractivity contribution >= 4 is 17.7 Å². The van der Waals surface area contributed by atoms with Gasteiger partial charge in [0.05, 0.1) is 0 Å². The van der Waals surface area contributed by atoms with E-state index in [0.29, 0.717) is 19.0 Å².